The van der Waals surface area contributed by atoms with Gasteiger partial charge in [0.05, 0.1) is 17.7 Å². The van der Waals surface area contributed by atoms with Crippen LogP contribution in [-0.2, 0) is 33.2 Å². The number of hydrogen-bond acceptors (Lipinski definition) is 4. The fourth-order valence-electron chi connectivity index (χ4n) is 9.77. The summed E-state index contributed by atoms with van der Waals surface area (Å²) < 4.78 is 86.8. The van der Waals surface area contributed by atoms with Crippen molar-refractivity contribution < 1.29 is 40.7 Å². The predicted molar refractivity (Wildman–Crippen MR) is 137 cm³/mol. The average molecular weight is 586 g/mol. The third-order valence-electron chi connectivity index (χ3n) is 11.8. The molecule has 0 aromatic heterocycles. The quantitative estimate of drug-likeness (QED) is 0.268. The van der Waals surface area contributed by atoms with E-state index in [1.54, 1.807) is 4.90 Å². The van der Waals surface area contributed by atoms with Crippen LogP contribution in [0.15, 0.2) is 18.2 Å². The van der Waals surface area contributed by atoms with E-state index in [1.807, 2.05) is 0 Å². The highest BCUT2D eigenvalue weighted by Crippen LogP contribution is 2.66. The summed E-state index contributed by atoms with van der Waals surface area (Å²) >= 11 is 0. The summed E-state index contributed by atoms with van der Waals surface area (Å²) in [5.74, 6) is 1.64. The van der Waals surface area contributed by atoms with Crippen LogP contribution in [0.5, 0.6) is 0 Å². The molecule has 4 aliphatic carbocycles. The van der Waals surface area contributed by atoms with Crippen molar-refractivity contribution >= 4 is 11.8 Å². The van der Waals surface area contributed by atoms with Gasteiger partial charge in [-0.2, -0.15) is 26.3 Å². The maximum Gasteiger partial charge on any atom is 0.416 e. The minimum absolute atomic E-state index is 0.0483. The topological polar surface area (TPSA) is 46.6 Å². The molecule has 5 aliphatic rings. The molecule has 0 bridgehead atoms. The van der Waals surface area contributed by atoms with Gasteiger partial charge in [-0.15, -0.1) is 0 Å². The van der Waals surface area contributed by atoms with Crippen LogP contribution < -0.4 is 0 Å². The van der Waals surface area contributed by atoms with Crippen molar-refractivity contribution in [2.24, 2.45) is 34.5 Å². The van der Waals surface area contributed by atoms with Crippen LogP contribution in [-0.4, -0.2) is 35.3 Å². The molecule has 6 rings (SSSR count). The maximum absolute atomic E-state index is 13.8. The van der Waals surface area contributed by atoms with Crippen molar-refractivity contribution in [3.8, 4) is 0 Å². The second kappa shape index (κ2) is 9.45. The summed E-state index contributed by atoms with van der Waals surface area (Å²) in [5.41, 5.74) is -3.93. The summed E-state index contributed by atoms with van der Waals surface area (Å²) in [6, 6.07) is 1.70. The molecule has 4 nitrogen and oxygen atoms in total. The van der Waals surface area contributed by atoms with Gasteiger partial charge in [-0.05, 0) is 98.1 Å². The number of carbonyl (C=O) groups is 2. The number of benzene rings is 1. The normalized spacial score (nSPS) is 39.7. The zero-order valence-corrected chi connectivity index (χ0v) is 23.5. The first-order valence-corrected chi connectivity index (χ1v) is 14.8. The Morgan fingerprint density at radius 3 is 2.39 bits per heavy atom. The summed E-state index contributed by atoms with van der Waals surface area (Å²) in [7, 11) is 0. The zero-order valence-electron chi connectivity index (χ0n) is 23.5. The van der Waals surface area contributed by atoms with Crippen LogP contribution >= 0.6 is 0 Å². The monoisotopic (exact) mass is 585 g/mol. The number of Topliss-reactive ketones (excluding diaryl/α,β-unsaturated/α-hetero) is 1. The van der Waals surface area contributed by atoms with Crippen LogP contribution in [0.4, 0.5) is 26.3 Å². The Hall–Kier alpha value is -2.10. The average Bonchev–Trinajstić information content (AvgIpc) is 3.17. The van der Waals surface area contributed by atoms with Gasteiger partial charge in [0.2, 0.25) is 0 Å². The molecule has 0 amide bonds. The molecule has 1 heterocycles. The van der Waals surface area contributed by atoms with Crippen LogP contribution in [0.2, 0.25) is 0 Å². The highest BCUT2D eigenvalue weighted by Gasteiger charge is 2.62. The lowest BCUT2D eigenvalue weighted by atomic mass is 9.44. The van der Waals surface area contributed by atoms with Crippen LogP contribution in [0.3, 0.4) is 0 Å². The van der Waals surface area contributed by atoms with E-state index >= 15 is 0 Å². The lowest BCUT2D eigenvalue weighted by Gasteiger charge is -2.62. The number of fused-ring (bicyclic) bond motifs is 5. The van der Waals surface area contributed by atoms with Gasteiger partial charge < -0.3 is 4.74 Å². The number of hydrogen-bond donors (Lipinski definition) is 0. The van der Waals surface area contributed by atoms with Gasteiger partial charge in [-0.3, -0.25) is 14.5 Å². The minimum Gasteiger partial charge on any atom is -0.457 e. The first-order valence-electron chi connectivity index (χ1n) is 14.8. The Morgan fingerprint density at radius 2 is 1.68 bits per heavy atom. The van der Waals surface area contributed by atoms with Crippen LogP contribution in [0, 0.1) is 34.5 Å². The molecule has 41 heavy (non-hydrogen) atoms. The van der Waals surface area contributed by atoms with E-state index in [9.17, 15) is 35.9 Å². The number of esters is 1. The summed E-state index contributed by atoms with van der Waals surface area (Å²) in [5, 5.41) is 0. The Morgan fingerprint density at radius 1 is 0.927 bits per heavy atom. The molecule has 7 atom stereocenters. The van der Waals surface area contributed by atoms with Crippen molar-refractivity contribution in [2.75, 3.05) is 13.1 Å². The second-order valence-corrected chi connectivity index (χ2v) is 13.9. The van der Waals surface area contributed by atoms with E-state index in [2.05, 4.69) is 13.8 Å². The fraction of sp³-hybridized carbons (Fsp3) is 0.742. The molecule has 1 saturated heterocycles. The van der Waals surface area contributed by atoms with E-state index in [0.29, 0.717) is 54.8 Å². The Labute approximate surface area is 236 Å². The van der Waals surface area contributed by atoms with Gasteiger partial charge in [0.1, 0.15) is 11.4 Å². The third kappa shape index (κ3) is 4.80. The molecule has 0 unspecified atom stereocenters. The lowest BCUT2D eigenvalue weighted by Crippen LogP contribution is -2.61. The summed E-state index contributed by atoms with van der Waals surface area (Å²) in [6.07, 6.45) is -2.20. The molecular formula is C31H37F6NO3. The Balaban J connectivity index is 1.21. The Kier molecular flexibility index (Phi) is 6.68. The van der Waals surface area contributed by atoms with Gasteiger partial charge >= 0.3 is 18.3 Å². The minimum atomic E-state index is -4.96. The molecule has 0 N–H and O–H groups in total. The molecule has 226 valence electrons. The highest BCUT2D eigenvalue weighted by atomic mass is 19.4. The molecule has 5 fully saturated rings. The molecule has 4 saturated carbocycles. The molecule has 1 aromatic rings. The van der Waals surface area contributed by atoms with Crippen molar-refractivity contribution in [1.29, 1.82) is 0 Å². The fourth-order valence-corrected chi connectivity index (χ4v) is 9.77. The molecule has 0 radical (unpaired) electrons. The third-order valence-corrected chi connectivity index (χ3v) is 11.8. The Bertz CT molecular complexity index is 1250. The summed E-state index contributed by atoms with van der Waals surface area (Å²) in [4.78, 5) is 27.1. The van der Waals surface area contributed by atoms with E-state index in [0.717, 1.165) is 44.6 Å². The number of alkyl halides is 6. The standard InChI is InChI=1S/C31H37F6NO3/c1-27-11-12-29(14-20(27)5-6-21-22-7-8-25(39)28(22,2)10-9-23(21)27)17-38(16-26(40)41-29)15-18-3-4-19(30(32,33)34)13-24(18)31(35,36)37/h3-4,13,20-23H,5-12,14-17H2,1-2H3/t20-,21-,22-,23-,27-,28-,29+/m0/s1. The zero-order chi connectivity index (χ0) is 29.6. The molecular weight excluding hydrogens is 548 g/mol. The van der Waals surface area contributed by atoms with Crippen LogP contribution in [0.1, 0.15) is 88.3 Å². The van der Waals surface area contributed by atoms with Gasteiger partial charge in [-0.1, -0.05) is 19.9 Å². The number of halogens is 6. The van der Waals surface area contributed by atoms with E-state index in [1.165, 1.54) is 0 Å². The number of ether oxygens (including phenoxy) is 1. The van der Waals surface area contributed by atoms with Gasteiger partial charge in [0.15, 0.2) is 0 Å². The van der Waals surface area contributed by atoms with Gasteiger partial charge in [0.25, 0.3) is 0 Å². The largest absolute Gasteiger partial charge is 0.457 e. The van der Waals surface area contributed by atoms with E-state index in [4.69, 9.17) is 4.74 Å². The lowest BCUT2D eigenvalue weighted by molar-refractivity contribution is -0.200. The molecule has 10 heteroatoms. The van der Waals surface area contributed by atoms with Crippen molar-refractivity contribution in [1.82, 2.24) is 4.90 Å². The molecule has 1 aromatic carbocycles. The predicted octanol–water partition coefficient (Wildman–Crippen LogP) is 7.43. The smallest absolute Gasteiger partial charge is 0.416 e. The molecule has 1 spiro atoms. The first kappa shape index (κ1) is 29.0. The number of carbonyl (C=O) groups excluding carboxylic acids is 2. The molecule has 1 aliphatic heterocycles. The van der Waals surface area contributed by atoms with Crippen molar-refractivity contribution in [3.63, 3.8) is 0 Å². The van der Waals surface area contributed by atoms with E-state index in [-0.39, 0.29) is 42.1 Å². The highest BCUT2D eigenvalue weighted by molar-refractivity contribution is 5.87. The second-order valence-electron chi connectivity index (χ2n) is 13.9. The van der Waals surface area contributed by atoms with Crippen LogP contribution in [0.25, 0.3) is 0 Å². The number of nitrogens with zero attached hydrogens (tertiary/aromatic N) is 1. The number of ketones is 1. The number of rotatable bonds is 2. The first-order chi connectivity index (χ1) is 19.0. The van der Waals surface area contributed by atoms with Crippen molar-refractivity contribution in [2.45, 2.75) is 96.1 Å². The summed E-state index contributed by atoms with van der Waals surface area (Å²) in [6.45, 7) is 4.27. The SMILES string of the molecule is C[C@]12CC[C@@]3(C[C@@H]1CC[C@@H]1[C@@H]2CC[C@]2(C)C(=O)CC[C@@H]12)CN(Cc1ccc(C(F)(F)F)cc1C(F)(F)F)CC(=O)O3. The van der Waals surface area contributed by atoms with Gasteiger partial charge in [0, 0.05) is 24.9 Å². The maximum atomic E-state index is 13.8. The number of morpholine rings is 1. The van der Waals surface area contributed by atoms with Gasteiger partial charge in [-0.25, -0.2) is 0 Å². The van der Waals surface area contributed by atoms with E-state index < -0.39 is 35.0 Å². The van der Waals surface area contributed by atoms with Crippen molar-refractivity contribution in [3.05, 3.63) is 34.9 Å².